The standard InChI is InChI=1S/C17H18ClN3O.2ClH/c18-14-6-7-16(20-9-14)17(22)21-10-13(8-19)15(11-21)12-4-2-1-3-5-12;;/h1-7,9,13,15H,8,10-11,19H2;2*1H/t13-,15+;;/m1../s1. The highest BCUT2D eigenvalue weighted by Crippen LogP contribution is 2.32. The zero-order chi connectivity index (χ0) is 15.5. The van der Waals surface area contributed by atoms with Crippen molar-refractivity contribution in [2.45, 2.75) is 5.92 Å². The number of nitrogens with zero attached hydrogens (tertiary/aromatic N) is 2. The Bertz CT molecular complexity index is 652. The fourth-order valence-electron chi connectivity index (χ4n) is 3.02. The van der Waals surface area contributed by atoms with Gasteiger partial charge in [-0.1, -0.05) is 41.9 Å². The number of pyridine rings is 1. The molecule has 0 bridgehead atoms. The van der Waals surface area contributed by atoms with Crippen molar-refractivity contribution in [1.29, 1.82) is 0 Å². The lowest BCUT2D eigenvalue weighted by atomic mass is 9.89. The maximum atomic E-state index is 12.6. The number of carbonyl (C=O) groups excluding carboxylic acids is 1. The summed E-state index contributed by atoms with van der Waals surface area (Å²) in [6, 6.07) is 13.6. The predicted octanol–water partition coefficient (Wildman–Crippen LogP) is 3.39. The van der Waals surface area contributed by atoms with Gasteiger partial charge < -0.3 is 10.6 Å². The van der Waals surface area contributed by atoms with Crippen LogP contribution in [-0.4, -0.2) is 35.4 Å². The molecule has 1 aliphatic rings. The Labute approximate surface area is 159 Å². The maximum Gasteiger partial charge on any atom is 0.272 e. The average molecular weight is 389 g/mol. The van der Waals surface area contributed by atoms with Gasteiger partial charge in [0.2, 0.25) is 0 Å². The van der Waals surface area contributed by atoms with Gasteiger partial charge in [-0.15, -0.1) is 24.8 Å². The largest absolute Gasteiger partial charge is 0.336 e. The quantitative estimate of drug-likeness (QED) is 0.876. The van der Waals surface area contributed by atoms with E-state index in [0.717, 1.165) is 0 Å². The van der Waals surface area contributed by atoms with Crippen LogP contribution in [0.5, 0.6) is 0 Å². The number of benzene rings is 1. The van der Waals surface area contributed by atoms with Gasteiger partial charge in [0, 0.05) is 25.2 Å². The van der Waals surface area contributed by atoms with Crippen molar-refractivity contribution >= 4 is 42.3 Å². The van der Waals surface area contributed by atoms with Gasteiger partial charge in [-0.2, -0.15) is 0 Å². The molecule has 1 aliphatic heterocycles. The van der Waals surface area contributed by atoms with Crippen molar-refractivity contribution in [1.82, 2.24) is 9.88 Å². The number of rotatable bonds is 3. The highest BCUT2D eigenvalue weighted by Gasteiger charge is 2.35. The number of hydrogen-bond acceptors (Lipinski definition) is 3. The smallest absolute Gasteiger partial charge is 0.272 e. The molecule has 1 fully saturated rings. The van der Waals surface area contributed by atoms with Gasteiger partial charge in [0.05, 0.1) is 5.02 Å². The summed E-state index contributed by atoms with van der Waals surface area (Å²) in [7, 11) is 0. The number of amides is 1. The summed E-state index contributed by atoms with van der Waals surface area (Å²) in [4.78, 5) is 18.5. The lowest BCUT2D eigenvalue weighted by molar-refractivity contribution is 0.0780. The van der Waals surface area contributed by atoms with Gasteiger partial charge in [0.15, 0.2) is 0 Å². The molecular weight excluding hydrogens is 369 g/mol. The fourth-order valence-corrected chi connectivity index (χ4v) is 3.13. The molecule has 0 saturated carbocycles. The van der Waals surface area contributed by atoms with Crippen LogP contribution in [0.15, 0.2) is 48.7 Å². The van der Waals surface area contributed by atoms with Crippen molar-refractivity contribution in [3.05, 3.63) is 64.9 Å². The summed E-state index contributed by atoms with van der Waals surface area (Å²) in [5.41, 5.74) is 7.57. The van der Waals surface area contributed by atoms with Crippen LogP contribution < -0.4 is 5.73 Å². The van der Waals surface area contributed by atoms with Crippen molar-refractivity contribution in [2.24, 2.45) is 11.7 Å². The van der Waals surface area contributed by atoms with E-state index in [0.29, 0.717) is 30.4 Å². The van der Waals surface area contributed by atoms with Crippen LogP contribution in [0.1, 0.15) is 22.0 Å². The van der Waals surface area contributed by atoms with Gasteiger partial charge in [0.25, 0.3) is 5.91 Å². The molecule has 4 nitrogen and oxygen atoms in total. The summed E-state index contributed by atoms with van der Waals surface area (Å²) in [5, 5.41) is 0.528. The Hall–Kier alpha value is -1.33. The van der Waals surface area contributed by atoms with Crippen LogP contribution in [0.25, 0.3) is 0 Å². The number of aromatic nitrogens is 1. The lowest BCUT2D eigenvalue weighted by Gasteiger charge is -2.16. The topological polar surface area (TPSA) is 59.2 Å². The maximum absolute atomic E-state index is 12.6. The first kappa shape index (κ1) is 20.7. The number of halogens is 3. The molecule has 3 rings (SSSR count). The molecule has 2 heterocycles. The summed E-state index contributed by atoms with van der Waals surface area (Å²) in [5.74, 6) is 0.495. The summed E-state index contributed by atoms with van der Waals surface area (Å²) in [6.07, 6.45) is 1.50. The second-order valence-electron chi connectivity index (χ2n) is 5.58. The van der Waals surface area contributed by atoms with Crippen LogP contribution >= 0.6 is 36.4 Å². The molecule has 0 spiro atoms. The highest BCUT2D eigenvalue weighted by atomic mass is 35.5. The molecular formula is C17H20Cl3N3O. The monoisotopic (exact) mass is 387 g/mol. The summed E-state index contributed by atoms with van der Waals surface area (Å²) < 4.78 is 0. The number of carbonyl (C=O) groups is 1. The van der Waals surface area contributed by atoms with Crippen molar-refractivity contribution < 1.29 is 4.79 Å². The number of hydrogen-bond donors (Lipinski definition) is 1. The Kier molecular flexibility index (Phi) is 7.97. The third-order valence-electron chi connectivity index (χ3n) is 4.21. The van der Waals surface area contributed by atoms with Crippen LogP contribution in [0.4, 0.5) is 0 Å². The first-order valence-corrected chi connectivity index (χ1v) is 7.72. The first-order chi connectivity index (χ1) is 10.7. The van der Waals surface area contributed by atoms with Crippen LogP contribution in [-0.2, 0) is 0 Å². The molecule has 7 heteroatoms. The highest BCUT2D eigenvalue weighted by molar-refractivity contribution is 6.30. The fraction of sp³-hybridized carbons (Fsp3) is 0.294. The number of nitrogens with two attached hydrogens (primary N) is 1. The third-order valence-corrected chi connectivity index (χ3v) is 4.43. The first-order valence-electron chi connectivity index (χ1n) is 7.35. The van der Waals surface area contributed by atoms with E-state index in [9.17, 15) is 4.79 Å². The van der Waals surface area contributed by atoms with Crippen LogP contribution in [0.2, 0.25) is 5.02 Å². The molecule has 2 atom stereocenters. The van der Waals surface area contributed by atoms with Gasteiger partial charge in [0.1, 0.15) is 5.69 Å². The van der Waals surface area contributed by atoms with Gasteiger partial charge >= 0.3 is 0 Å². The van der Waals surface area contributed by atoms with Crippen LogP contribution in [0.3, 0.4) is 0 Å². The molecule has 1 aromatic carbocycles. The zero-order valence-corrected chi connectivity index (χ0v) is 15.4. The molecule has 130 valence electrons. The molecule has 24 heavy (non-hydrogen) atoms. The summed E-state index contributed by atoms with van der Waals surface area (Å²) >= 11 is 5.82. The Morgan fingerprint density at radius 1 is 1.17 bits per heavy atom. The van der Waals surface area contributed by atoms with Crippen molar-refractivity contribution in [3.8, 4) is 0 Å². The van der Waals surface area contributed by atoms with E-state index in [1.54, 1.807) is 12.1 Å². The lowest BCUT2D eigenvalue weighted by Crippen LogP contribution is -2.30. The molecule has 0 aliphatic carbocycles. The Morgan fingerprint density at radius 3 is 2.46 bits per heavy atom. The number of likely N-dealkylation sites (tertiary alicyclic amines) is 1. The van der Waals surface area contributed by atoms with E-state index >= 15 is 0 Å². The molecule has 1 saturated heterocycles. The molecule has 0 radical (unpaired) electrons. The normalized spacial score (nSPS) is 19.3. The van der Waals surface area contributed by atoms with Gasteiger partial charge in [-0.05, 0) is 30.2 Å². The van der Waals surface area contributed by atoms with E-state index in [2.05, 4.69) is 17.1 Å². The second-order valence-corrected chi connectivity index (χ2v) is 6.02. The SMILES string of the molecule is Cl.Cl.NC[C@@H]1CN(C(=O)c2ccc(Cl)cn2)C[C@H]1c1ccccc1. The van der Waals surface area contributed by atoms with Crippen LogP contribution in [0, 0.1) is 5.92 Å². The molecule has 2 aromatic rings. The van der Waals surface area contributed by atoms with Crippen molar-refractivity contribution in [3.63, 3.8) is 0 Å². The zero-order valence-electron chi connectivity index (χ0n) is 13.0. The minimum Gasteiger partial charge on any atom is -0.336 e. The molecule has 0 unspecified atom stereocenters. The Balaban J connectivity index is 0.00000144. The third kappa shape index (κ3) is 4.39. The summed E-state index contributed by atoms with van der Waals surface area (Å²) in [6.45, 7) is 1.91. The minimum atomic E-state index is -0.0615. The second kappa shape index (κ2) is 9.23. The van der Waals surface area contributed by atoms with E-state index < -0.39 is 0 Å². The van der Waals surface area contributed by atoms with Gasteiger partial charge in [-0.25, -0.2) is 4.98 Å². The van der Waals surface area contributed by atoms with E-state index in [-0.39, 0.29) is 42.6 Å². The molecule has 2 N–H and O–H groups in total. The van der Waals surface area contributed by atoms with Gasteiger partial charge in [-0.3, -0.25) is 4.79 Å². The predicted molar refractivity (Wildman–Crippen MR) is 101 cm³/mol. The van der Waals surface area contributed by atoms with E-state index in [1.165, 1.54) is 11.8 Å². The average Bonchev–Trinajstić information content (AvgIpc) is 3.00. The Morgan fingerprint density at radius 2 is 1.88 bits per heavy atom. The minimum absolute atomic E-state index is 0. The van der Waals surface area contributed by atoms with E-state index in [4.69, 9.17) is 17.3 Å². The van der Waals surface area contributed by atoms with E-state index in [1.807, 2.05) is 23.1 Å². The molecule has 1 amide bonds. The molecule has 1 aromatic heterocycles. The van der Waals surface area contributed by atoms with Crippen molar-refractivity contribution in [2.75, 3.05) is 19.6 Å².